The van der Waals surface area contributed by atoms with Gasteiger partial charge < -0.3 is 5.11 Å². The fourth-order valence-electron chi connectivity index (χ4n) is 4.10. The molecule has 1 aromatic heterocycles. The first-order chi connectivity index (χ1) is 15.0. The Labute approximate surface area is 191 Å². The molecule has 3 aromatic rings. The zero-order valence-electron chi connectivity index (χ0n) is 17.5. The molecule has 2 nitrogen and oxygen atoms in total. The summed E-state index contributed by atoms with van der Waals surface area (Å²) in [6.45, 7) is 4.31. The fourth-order valence-corrected chi connectivity index (χ4v) is 5.17. The van der Waals surface area contributed by atoms with Crippen LogP contribution in [0.2, 0.25) is 0 Å². The molecule has 156 valence electrons. The Morgan fingerprint density at radius 2 is 1.87 bits per heavy atom. The molecule has 0 saturated heterocycles. The number of thiophene rings is 1. The minimum atomic E-state index is -0.952. The lowest BCUT2D eigenvalue weighted by atomic mass is 9.87. The Bertz CT molecular complexity index is 1230. The fraction of sp³-hybridized carbons (Fsp3) is 0.148. The van der Waals surface area contributed by atoms with Crippen LogP contribution in [0.5, 0.6) is 0 Å². The van der Waals surface area contributed by atoms with Gasteiger partial charge in [0.2, 0.25) is 0 Å². The summed E-state index contributed by atoms with van der Waals surface area (Å²) in [6, 6.07) is 18.6. The number of hydrogen-bond donors (Lipinski definition) is 1. The topological polar surface area (TPSA) is 37.3 Å². The van der Waals surface area contributed by atoms with Gasteiger partial charge in [-0.2, -0.15) is 0 Å². The first-order valence-electron chi connectivity index (χ1n) is 10.2. The number of fused-ring (bicyclic) bond motifs is 1. The van der Waals surface area contributed by atoms with Crippen LogP contribution in [0.25, 0.3) is 22.3 Å². The highest BCUT2D eigenvalue weighted by molar-refractivity contribution is 7.10. The number of aliphatic carboxylic acids is 1. The number of hydrogen-bond acceptors (Lipinski definition) is 2. The number of halogens is 1. The molecule has 1 aliphatic carbocycles. The third-order valence-corrected chi connectivity index (χ3v) is 6.83. The molecule has 4 rings (SSSR count). The van der Waals surface area contributed by atoms with Gasteiger partial charge in [0.1, 0.15) is 0 Å². The van der Waals surface area contributed by atoms with Gasteiger partial charge in [0.25, 0.3) is 0 Å². The number of rotatable bonds is 6. The van der Waals surface area contributed by atoms with E-state index >= 15 is 0 Å². The van der Waals surface area contributed by atoms with E-state index < -0.39 is 5.97 Å². The van der Waals surface area contributed by atoms with Crippen LogP contribution in [-0.2, 0) is 11.2 Å². The molecule has 0 spiro atoms. The first kappa shape index (κ1) is 21.4. The van der Waals surface area contributed by atoms with Gasteiger partial charge in [-0.05, 0) is 75.4 Å². The maximum Gasteiger partial charge on any atom is 0.328 e. The van der Waals surface area contributed by atoms with Gasteiger partial charge in [0.05, 0.1) is 5.03 Å². The molecule has 2 aromatic carbocycles. The monoisotopic (exact) mass is 446 g/mol. The van der Waals surface area contributed by atoms with Gasteiger partial charge in [-0.15, -0.1) is 11.3 Å². The number of carboxylic acids is 1. The average Bonchev–Trinajstić information content (AvgIpc) is 3.34. The van der Waals surface area contributed by atoms with Crippen LogP contribution in [0.15, 0.2) is 71.6 Å². The Morgan fingerprint density at radius 1 is 1.13 bits per heavy atom. The van der Waals surface area contributed by atoms with Gasteiger partial charge in [-0.25, -0.2) is 4.79 Å². The molecule has 0 radical (unpaired) electrons. The van der Waals surface area contributed by atoms with Crippen molar-refractivity contribution in [3.05, 3.63) is 104 Å². The van der Waals surface area contributed by atoms with E-state index in [1.165, 1.54) is 27.2 Å². The molecule has 0 bridgehead atoms. The first-order valence-corrected chi connectivity index (χ1v) is 11.5. The summed E-state index contributed by atoms with van der Waals surface area (Å²) in [6.07, 6.45) is 4.45. The third-order valence-electron chi connectivity index (χ3n) is 5.54. The summed E-state index contributed by atoms with van der Waals surface area (Å²) in [5.41, 5.74) is 9.14. The SMILES string of the molecule is CC/C(=C(\C1=C(Cl)c2ccccc2C1)c1ccc(/C=C/C(=O)O)cc1)c1csc(C)c1. The zero-order chi connectivity index (χ0) is 22.0. The van der Waals surface area contributed by atoms with E-state index in [9.17, 15) is 4.79 Å². The van der Waals surface area contributed by atoms with Crippen LogP contribution in [0.4, 0.5) is 0 Å². The molecule has 4 heteroatoms. The third kappa shape index (κ3) is 4.43. The molecule has 1 heterocycles. The molecule has 0 aliphatic heterocycles. The van der Waals surface area contributed by atoms with Crippen LogP contribution >= 0.6 is 22.9 Å². The second kappa shape index (κ2) is 9.09. The molecular formula is C27H23ClO2S. The van der Waals surface area contributed by atoms with Crippen molar-refractivity contribution in [3.8, 4) is 0 Å². The predicted molar refractivity (Wildman–Crippen MR) is 132 cm³/mol. The summed E-state index contributed by atoms with van der Waals surface area (Å²) in [4.78, 5) is 12.1. The van der Waals surface area contributed by atoms with Crippen molar-refractivity contribution in [2.24, 2.45) is 0 Å². The van der Waals surface area contributed by atoms with Crippen LogP contribution in [0.3, 0.4) is 0 Å². The van der Waals surface area contributed by atoms with Gasteiger partial charge in [-0.3, -0.25) is 0 Å². The van der Waals surface area contributed by atoms with Gasteiger partial charge >= 0.3 is 5.97 Å². The zero-order valence-corrected chi connectivity index (χ0v) is 19.1. The van der Waals surface area contributed by atoms with E-state index in [1.54, 1.807) is 17.4 Å². The van der Waals surface area contributed by atoms with Crippen LogP contribution in [0.1, 0.15) is 46.0 Å². The molecule has 0 saturated carbocycles. The van der Waals surface area contributed by atoms with Crippen LogP contribution < -0.4 is 0 Å². The van der Waals surface area contributed by atoms with Crippen LogP contribution in [-0.4, -0.2) is 11.1 Å². The van der Waals surface area contributed by atoms with E-state index in [-0.39, 0.29) is 0 Å². The van der Waals surface area contributed by atoms with Crippen molar-refractivity contribution in [2.45, 2.75) is 26.7 Å². The summed E-state index contributed by atoms with van der Waals surface area (Å²) in [7, 11) is 0. The van der Waals surface area contributed by atoms with Crippen LogP contribution in [0, 0.1) is 6.92 Å². The minimum absolute atomic E-state index is 0.803. The second-order valence-electron chi connectivity index (χ2n) is 7.57. The van der Waals surface area contributed by atoms with Crippen molar-refractivity contribution in [1.82, 2.24) is 0 Å². The lowest BCUT2D eigenvalue weighted by Gasteiger charge is -2.17. The Hall–Kier alpha value is -2.88. The largest absolute Gasteiger partial charge is 0.478 e. The smallest absolute Gasteiger partial charge is 0.328 e. The predicted octanol–water partition coefficient (Wildman–Crippen LogP) is 7.68. The van der Waals surface area contributed by atoms with E-state index in [0.29, 0.717) is 0 Å². The minimum Gasteiger partial charge on any atom is -0.478 e. The molecule has 0 unspecified atom stereocenters. The van der Waals surface area contributed by atoms with Crippen molar-refractivity contribution < 1.29 is 9.90 Å². The van der Waals surface area contributed by atoms with E-state index in [2.05, 4.69) is 55.6 Å². The number of carboxylic acid groups (broad SMARTS) is 1. The highest BCUT2D eigenvalue weighted by atomic mass is 35.5. The Balaban J connectivity index is 1.88. The quantitative estimate of drug-likeness (QED) is 0.394. The average molecular weight is 447 g/mol. The number of aryl methyl sites for hydroxylation is 1. The van der Waals surface area contributed by atoms with Crippen molar-refractivity contribution >= 4 is 51.2 Å². The summed E-state index contributed by atoms with van der Waals surface area (Å²) in [5.74, 6) is -0.952. The molecule has 0 amide bonds. The standard InChI is InChI=1S/C27H23ClO2S/c1-3-22(21-14-17(2)31-16-21)26(19-11-8-18(9-12-19)10-13-25(29)30)24-15-20-6-4-5-7-23(20)27(24)28/h4-14,16H,3,15H2,1-2H3,(H,29,30)/b13-10+,26-22+. The Kier molecular flexibility index (Phi) is 6.26. The van der Waals surface area contributed by atoms with Gasteiger partial charge in [0, 0.05) is 17.4 Å². The highest BCUT2D eigenvalue weighted by Gasteiger charge is 2.25. The maximum atomic E-state index is 10.8. The molecule has 0 fully saturated rings. The molecule has 31 heavy (non-hydrogen) atoms. The maximum absolute atomic E-state index is 10.8. The normalized spacial score (nSPS) is 14.2. The number of allylic oxidation sites excluding steroid dienone is 3. The molecule has 1 N–H and O–H groups in total. The van der Waals surface area contributed by atoms with Crippen molar-refractivity contribution in [1.29, 1.82) is 0 Å². The Morgan fingerprint density at radius 3 is 2.48 bits per heavy atom. The summed E-state index contributed by atoms with van der Waals surface area (Å²) < 4.78 is 0. The molecule has 0 atom stereocenters. The van der Waals surface area contributed by atoms with Crippen molar-refractivity contribution in [3.63, 3.8) is 0 Å². The van der Waals surface area contributed by atoms with E-state index in [0.717, 1.165) is 46.2 Å². The summed E-state index contributed by atoms with van der Waals surface area (Å²) in [5, 5.41) is 11.9. The molecular weight excluding hydrogens is 424 g/mol. The lowest BCUT2D eigenvalue weighted by molar-refractivity contribution is -0.131. The highest BCUT2D eigenvalue weighted by Crippen LogP contribution is 2.45. The number of carbonyl (C=O) groups is 1. The van der Waals surface area contributed by atoms with E-state index in [4.69, 9.17) is 16.7 Å². The van der Waals surface area contributed by atoms with Crippen molar-refractivity contribution in [2.75, 3.05) is 0 Å². The van der Waals surface area contributed by atoms with Gasteiger partial charge in [0.15, 0.2) is 0 Å². The molecule has 1 aliphatic rings. The lowest BCUT2D eigenvalue weighted by Crippen LogP contribution is -1.97. The second-order valence-corrected chi connectivity index (χ2v) is 9.07. The van der Waals surface area contributed by atoms with E-state index in [1.807, 2.05) is 18.2 Å². The summed E-state index contributed by atoms with van der Waals surface area (Å²) >= 11 is 8.69. The number of benzene rings is 2. The van der Waals surface area contributed by atoms with Gasteiger partial charge in [-0.1, -0.05) is 67.1 Å².